The lowest BCUT2D eigenvalue weighted by atomic mass is 10.3. The summed E-state index contributed by atoms with van der Waals surface area (Å²) in [6.45, 7) is 0. The molecular weight excluding hydrogens is 266 g/mol. The number of nitrogens with one attached hydrogen (secondary N) is 1. The summed E-state index contributed by atoms with van der Waals surface area (Å²) in [5.74, 6) is 1.35. The van der Waals surface area contributed by atoms with Gasteiger partial charge in [0.2, 0.25) is 5.13 Å². The average molecular weight is 279 g/mol. The standard InChI is InChI=1S/C11H13N5O2S/c1-17-9(12)4-6-2-3-8(18-6)7-5-19-11(15-7)16-10(13)14/h2-3,5,12H,4H2,1H3,(H4,13,14,15,16). The van der Waals surface area contributed by atoms with Gasteiger partial charge in [-0.15, -0.1) is 11.3 Å². The zero-order chi connectivity index (χ0) is 13.8. The van der Waals surface area contributed by atoms with E-state index >= 15 is 0 Å². The van der Waals surface area contributed by atoms with Crippen LogP contribution in [0.2, 0.25) is 0 Å². The number of ether oxygens (including phenoxy) is 1. The number of aromatic nitrogens is 1. The minimum Gasteiger partial charge on any atom is -0.484 e. The highest BCUT2D eigenvalue weighted by molar-refractivity contribution is 7.13. The molecule has 19 heavy (non-hydrogen) atoms. The minimum atomic E-state index is -0.0328. The van der Waals surface area contributed by atoms with Crippen molar-refractivity contribution in [2.24, 2.45) is 16.5 Å². The Balaban J connectivity index is 2.16. The van der Waals surface area contributed by atoms with Crippen LogP contribution in [0.4, 0.5) is 5.13 Å². The van der Waals surface area contributed by atoms with E-state index < -0.39 is 0 Å². The van der Waals surface area contributed by atoms with Gasteiger partial charge in [-0.05, 0) is 12.1 Å². The van der Waals surface area contributed by atoms with Crippen LogP contribution in [0.1, 0.15) is 5.76 Å². The predicted octanol–water partition coefficient (Wildman–Crippen LogP) is 1.47. The Kier molecular flexibility index (Phi) is 3.81. The van der Waals surface area contributed by atoms with Crippen LogP contribution in [0.3, 0.4) is 0 Å². The van der Waals surface area contributed by atoms with Gasteiger partial charge < -0.3 is 20.6 Å². The minimum absolute atomic E-state index is 0.0328. The monoisotopic (exact) mass is 279 g/mol. The van der Waals surface area contributed by atoms with Crippen molar-refractivity contribution in [1.82, 2.24) is 4.98 Å². The molecule has 0 radical (unpaired) electrons. The fourth-order valence-corrected chi connectivity index (χ4v) is 2.08. The highest BCUT2D eigenvalue weighted by Crippen LogP contribution is 2.28. The lowest BCUT2D eigenvalue weighted by molar-refractivity contribution is 0.384. The largest absolute Gasteiger partial charge is 0.484 e. The van der Waals surface area contributed by atoms with Gasteiger partial charge in [0.1, 0.15) is 11.5 Å². The van der Waals surface area contributed by atoms with E-state index in [1.807, 2.05) is 0 Å². The number of aliphatic imine (C=N–C) groups is 1. The van der Waals surface area contributed by atoms with E-state index in [9.17, 15) is 0 Å². The molecule has 2 aromatic heterocycles. The molecule has 0 saturated heterocycles. The second-order valence-corrected chi connectivity index (χ2v) is 4.46. The van der Waals surface area contributed by atoms with Gasteiger partial charge in [-0.3, -0.25) is 5.41 Å². The third-order valence-corrected chi connectivity index (χ3v) is 2.95. The number of hydrogen-bond acceptors (Lipinski definition) is 6. The molecule has 7 nitrogen and oxygen atoms in total. The maximum atomic E-state index is 7.43. The van der Waals surface area contributed by atoms with Crippen molar-refractivity contribution in [1.29, 1.82) is 5.41 Å². The van der Waals surface area contributed by atoms with Crippen LogP contribution in [-0.4, -0.2) is 24.0 Å². The molecule has 0 atom stereocenters. The first-order chi connectivity index (χ1) is 9.08. The third kappa shape index (κ3) is 3.32. The van der Waals surface area contributed by atoms with Crippen molar-refractivity contribution in [2.75, 3.05) is 7.11 Å². The van der Waals surface area contributed by atoms with Crippen molar-refractivity contribution < 1.29 is 9.15 Å². The van der Waals surface area contributed by atoms with E-state index in [-0.39, 0.29) is 11.9 Å². The van der Waals surface area contributed by atoms with Crippen LogP contribution in [-0.2, 0) is 11.2 Å². The van der Waals surface area contributed by atoms with Crippen LogP contribution >= 0.6 is 11.3 Å². The Morgan fingerprint density at radius 3 is 3.00 bits per heavy atom. The van der Waals surface area contributed by atoms with Crippen LogP contribution in [0.15, 0.2) is 26.9 Å². The Hall–Kier alpha value is -2.35. The molecule has 0 aliphatic heterocycles. The van der Waals surface area contributed by atoms with Crippen molar-refractivity contribution in [3.63, 3.8) is 0 Å². The smallest absolute Gasteiger partial charge is 0.212 e. The molecule has 0 aliphatic rings. The highest BCUT2D eigenvalue weighted by atomic mass is 32.1. The Morgan fingerprint density at radius 1 is 1.53 bits per heavy atom. The van der Waals surface area contributed by atoms with Gasteiger partial charge >= 0.3 is 0 Å². The normalized spacial score (nSPS) is 10.2. The van der Waals surface area contributed by atoms with Gasteiger partial charge in [-0.25, -0.2) is 4.98 Å². The molecular formula is C11H13N5O2S. The van der Waals surface area contributed by atoms with Crippen molar-refractivity contribution in [3.8, 4) is 11.5 Å². The summed E-state index contributed by atoms with van der Waals surface area (Å²) < 4.78 is 10.4. The van der Waals surface area contributed by atoms with E-state index in [1.165, 1.54) is 18.4 Å². The molecule has 0 amide bonds. The molecule has 5 N–H and O–H groups in total. The molecule has 2 rings (SSSR count). The van der Waals surface area contributed by atoms with Gasteiger partial charge in [0.15, 0.2) is 17.6 Å². The second-order valence-electron chi connectivity index (χ2n) is 3.62. The van der Waals surface area contributed by atoms with Gasteiger partial charge in [0, 0.05) is 5.38 Å². The quantitative estimate of drug-likeness (QED) is 0.577. The fourth-order valence-electron chi connectivity index (χ4n) is 1.38. The first kappa shape index (κ1) is 13.1. The predicted molar refractivity (Wildman–Crippen MR) is 73.7 cm³/mol. The summed E-state index contributed by atoms with van der Waals surface area (Å²) in [7, 11) is 1.45. The topological polar surface area (TPSA) is 124 Å². The summed E-state index contributed by atoms with van der Waals surface area (Å²) >= 11 is 1.31. The lowest BCUT2D eigenvalue weighted by Crippen LogP contribution is -2.21. The maximum absolute atomic E-state index is 7.43. The van der Waals surface area contributed by atoms with Crippen molar-refractivity contribution in [3.05, 3.63) is 23.3 Å². The number of nitrogens with two attached hydrogens (primary N) is 2. The molecule has 0 aromatic carbocycles. The summed E-state index contributed by atoms with van der Waals surface area (Å²) in [4.78, 5) is 8.08. The second kappa shape index (κ2) is 5.53. The number of nitrogens with zero attached hydrogens (tertiary/aromatic N) is 2. The highest BCUT2D eigenvalue weighted by Gasteiger charge is 2.10. The van der Waals surface area contributed by atoms with Crippen LogP contribution in [0.25, 0.3) is 11.5 Å². The molecule has 0 fully saturated rings. The first-order valence-electron chi connectivity index (χ1n) is 5.34. The molecule has 100 valence electrons. The Labute approximate surface area is 113 Å². The zero-order valence-electron chi connectivity index (χ0n) is 10.2. The van der Waals surface area contributed by atoms with E-state index in [2.05, 4.69) is 9.98 Å². The molecule has 2 heterocycles. The zero-order valence-corrected chi connectivity index (χ0v) is 11.0. The molecule has 0 bridgehead atoms. The first-order valence-corrected chi connectivity index (χ1v) is 6.22. The van der Waals surface area contributed by atoms with Gasteiger partial charge in [-0.2, -0.15) is 4.99 Å². The van der Waals surface area contributed by atoms with Crippen molar-refractivity contribution >= 4 is 28.3 Å². The van der Waals surface area contributed by atoms with E-state index in [0.29, 0.717) is 28.8 Å². The number of methoxy groups -OCH3 is 1. The summed E-state index contributed by atoms with van der Waals surface area (Å²) in [5.41, 5.74) is 11.2. The van der Waals surface area contributed by atoms with E-state index in [4.69, 9.17) is 26.0 Å². The number of rotatable bonds is 4. The van der Waals surface area contributed by atoms with Crippen LogP contribution < -0.4 is 11.5 Å². The number of furan rings is 1. The van der Waals surface area contributed by atoms with E-state index in [0.717, 1.165) is 0 Å². The number of hydrogen-bond donors (Lipinski definition) is 3. The van der Waals surface area contributed by atoms with Gasteiger partial charge in [0.05, 0.1) is 13.5 Å². The van der Waals surface area contributed by atoms with Gasteiger partial charge in [-0.1, -0.05) is 0 Å². The summed E-state index contributed by atoms with van der Waals surface area (Å²) in [6, 6.07) is 3.56. The van der Waals surface area contributed by atoms with Crippen LogP contribution in [0, 0.1) is 5.41 Å². The molecule has 0 aliphatic carbocycles. The molecule has 0 spiro atoms. The Morgan fingerprint density at radius 2 is 2.32 bits per heavy atom. The van der Waals surface area contributed by atoms with Gasteiger partial charge in [0.25, 0.3) is 0 Å². The SMILES string of the molecule is COC(=N)Cc1ccc(-c2csc(N=C(N)N)n2)o1. The molecule has 2 aromatic rings. The molecule has 0 unspecified atom stereocenters. The number of guanidine groups is 1. The molecule has 0 saturated carbocycles. The molecule has 8 heteroatoms. The average Bonchev–Trinajstić information content (AvgIpc) is 2.97. The third-order valence-electron chi connectivity index (χ3n) is 2.21. The summed E-state index contributed by atoms with van der Waals surface area (Å²) in [6.07, 6.45) is 0.307. The van der Waals surface area contributed by atoms with Crippen molar-refractivity contribution in [2.45, 2.75) is 6.42 Å². The Bertz CT molecular complexity index is 612. The summed E-state index contributed by atoms with van der Waals surface area (Å²) in [5, 5.41) is 9.70. The fraction of sp³-hybridized carbons (Fsp3) is 0.182. The lowest BCUT2D eigenvalue weighted by Gasteiger charge is -1.98. The number of thiazole rings is 1. The van der Waals surface area contributed by atoms with E-state index in [1.54, 1.807) is 17.5 Å². The van der Waals surface area contributed by atoms with Crippen LogP contribution in [0.5, 0.6) is 0 Å². The maximum Gasteiger partial charge on any atom is 0.212 e.